The largest absolute Gasteiger partial charge is 0.334 e. The van der Waals surface area contributed by atoms with Crippen LogP contribution in [0.1, 0.15) is 42.4 Å². The highest BCUT2D eigenvalue weighted by molar-refractivity contribution is 6.06. The molecule has 1 atom stereocenters. The van der Waals surface area contributed by atoms with E-state index < -0.39 is 0 Å². The van der Waals surface area contributed by atoms with Gasteiger partial charge in [-0.05, 0) is 56.8 Å². The van der Waals surface area contributed by atoms with Crippen LogP contribution in [0.15, 0.2) is 36.8 Å². The fourth-order valence-electron chi connectivity index (χ4n) is 4.79. The molecule has 1 aromatic carbocycles. The van der Waals surface area contributed by atoms with Crippen LogP contribution in [-0.2, 0) is 13.1 Å². The molecule has 1 aliphatic heterocycles. The number of aryl methyl sites for hydroxylation is 1. The lowest BCUT2D eigenvalue weighted by Gasteiger charge is -2.30. The minimum absolute atomic E-state index is 0.0815. The van der Waals surface area contributed by atoms with E-state index in [0.717, 1.165) is 61.2 Å². The lowest BCUT2D eigenvalue weighted by atomic mass is 9.93. The van der Waals surface area contributed by atoms with Crippen LogP contribution < -0.4 is 5.32 Å². The van der Waals surface area contributed by atoms with Crippen molar-refractivity contribution in [3.63, 3.8) is 0 Å². The summed E-state index contributed by atoms with van der Waals surface area (Å²) in [6.45, 7) is 5.59. The van der Waals surface area contributed by atoms with Crippen molar-refractivity contribution in [2.24, 2.45) is 5.41 Å². The minimum atomic E-state index is 0.0815. The molecule has 2 aliphatic rings. The molecule has 146 valence electrons. The summed E-state index contributed by atoms with van der Waals surface area (Å²) >= 11 is 0. The number of hydrogen-bond acceptors (Lipinski definition) is 4. The van der Waals surface area contributed by atoms with E-state index in [1.165, 1.54) is 0 Å². The second kappa shape index (κ2) is 6.74. The molecule has 1 saturated carbocycles. The van der Waals surface area contributed by atoms with E-state index in [0.29, 0.717) is 6.54 Å². The van der Waals surface area contributed by atoms with Gasteiger partial charge in [-0.25, -0.2) is 4.98 Å². The lowest BCUT2D eigenvalue weighted by molar-refractivity contribution is 0.0687. The van der Waals surface area contributed by atoms with Crippen LogP contribution in [0.2, 0.25) is 0 Å². The maximum Gasteiger partial charge on any atom is 0.255 e. The van der Waals surface area contributed by atoms with E-state index in [1.54, 1.807) is 6.20 Å². The molecular weight excluding hydrogens is 352 g/mol. The summed E-state index contributed by atoms with van der Waals surface area (Å²) in [5.41, 5.74) is 1.89. The highest BCUT2D eigenvalue weighted by Crippen LogP contribution is 2.56. The smallest absolute Gasteiger partial charge is 0.255 e. The number of carbonyl (C=O) groups is 1. The van der Waals surface area contributed by atoms with Crippen molar-refractivity contribution in [2.75, 3.05) is 13.1 Å². The van der Waals surface area contributed by atoms with Gasteiger partial charge in [0.1, 0.15) is 5.82 Å². The first kappa shape index (κ1) is 17.4. The van der Waals surface area contributed by atoms with E-state index in [1.807, 2.05) is 30.6 Å². The zero-order valence-corrected chi connectivity index (χ0v) is 16.2. The summed E-state index contributed by atoms with van der Waals surface area (Å²) in [7, 11) is 0. The Morgan fingerprint density at radius 2 is 2.21 bits per heavy atom. The molecule has 7 nitrogen and oxygen atoms in total. The fraction of sp³-hybridized carbons (Fsp3) is 0.476. The van der Waals surface area contributed by atoms with E-state index >= 15 is 0 Å². The fourth-order valence-corrected chi connectivity index (χ4v) is 4.79. The minimum Gasteiger partial charge on any atom is -0.334 e. The summed E-state index contributed by atoms with van der Waals surface area (Å²) in [6.07, 6.45) is 8.93. The van der Waals surface area contributed by atoms with Crippen molar-refractivity contribution in [2.45, 2.75) is 45.3 Å². The molecule has 1 saturated heterocycles. The molecular formula is C21H26N6O. The third-order valence-corrected chi connectivity index (χ3v) is 6.55. The summed E-state index contributed by atoms with van der Waals surface area (Å²) in [5, 5.41) is 11.4. The van der Waals surface area contributed by atoms with Gasteiger partial charge in [0.25, 0.3) is 5.91 Å². The predicted molar refractivity (Wildman–Crippen MR) is 107 cm³/mol. The number of nitrogens with one attached hydrogen (secondary N) is 2. The number of hydrogen-bond donors (Lipinski definition) is 2. The number of imidazole rings is 1. The highest BCUT2D eigenvalue weighted by atomic mass is 16.2. The Labute approximate surface area is 164 Å². The van der Waals surface area contributed by atoms with E-state index in [2.05, 4.69) is 36.9 Å². The maximum atomic E-state index is 13.7. The number of aromatic nitrogens is 4. The Bertz CT molecular complexity index is 999. The van der Waals surface area contributed by atoms with Gasteiger partial charge >= 0.3 is 0 Å². The number of rotatable bonds is 5. The van der Waals surface area contributed by atoms with E-state index in [-0.39, 0.29) is 17.4 Å². The van der Waals surface area contributed by atoms with Gasteiger partial charge in [-0.2, -0.15) is 5.10 Å². The molecule has 3 heterocycles. The Balaban J connectivity index is 1.50. The third kappa shape index (κ3) is 2.81. The maximum absolute atomic E-state index is 13.7. The van der Waals surface area contributed by atoms with Crippen molar-refractivity contribution in [3.8, 4) is 0 Å². The average Bonchev–Trinajstić information content (AvgIpc) is 3.09. The molecule has 2 fully saturated rings. The molecule has 28 heavy (non-hydrogen) atoms. The van der Waals surface area contributed by atoms with Crippen LogP contribution >= 0.6 is 0 Å². The first-order chi connectivity index (χ1) is 13.7. The molecule has 1 aliphatic carbocycles. The Morgan fingerprint density at radius 1 is 1.36 bits per heavy atom. The molecule has 2 aromatic heterocycles. The summed E-state index contributed by atoms with van der Waals surface area (Å²) in [4.78, 5) is 20.3. The molecule has 7 heteroatoms. The number of piperidine rings is 1. The zero-order chi connectivity index (χ0) is 19.1. The van der Waals surface area contributed by atoms with Crippen LogP contribution in [0.3, 0.4) is 0 Å². The van der Waals surface area contributed by atoms with Gasteiger partial charge in [0.05, 0.1) is 23.8 Å². The second-order valence-electron chi connectivity index (χ2n) is 8.03. The quantitative estimate of drug-likeness (QED) is 0.715. The van der Waals surface area contributed by atoms with Crippen molar-refractivity contribution in [1.29, 1.82) is 0 Å². The standard InChI is InChI=1S/C21H26N6O/c1-2-26-11-10-23-19(26)14-27(18-12-21(18)6-8-22-9-7-21)20(28)15-4-3-5-17-16(15)13-24-25-17/h3-5,10-11,13,18,22H,2,6-9,12,14H2,1H3,(H,24,25)/t18-/m0/s1. The zero-order valence-electron chi connectivity index (χ0n) is 16.2. The number of amides is 1. The van der Waals surface area contributed by atoms with Crippen molar-refractivity contribution < 1.29 is 4.79 Å². The SMILES string of the molecule is CCn1ccnc1CN(C(=O)c1cccc2[nH]ncc12)[C@H]1CC12CCNCC2. The van der Waals surface area contributed by atoms with Gasteiger partial charge in [-0.1, -0.05) is 6.07 Å². The number of aromatic amines is 1. The van der Waals surface area contributed by atoms with Crippen LogP contribution in [0.4, 0.5) is 0 Å². The first-order valence-electron chi connectivity index (χ1n) is 10.2. The summed E-state index contributed by atoms with van der Waals surface area (Å²) in [6, 6.07) is 6.08. The average molecular weight is 378 g/mol. The van der Waals surface area contributed by atoms with Gasteiger partial charge in [0.2, 0.25) is 0 Å². The van der Waals surface area contributed by atoms with Gasteiger partial charge in [-0.3, -0.25) is 9.89 Å². The van der Waals surface area contributed by atoms with Gasteiger partial charge in [-0.15, -0.1) is 0 Å². The topological polar surface area (TPSA) is 78.8 Å². The van der Waals surface area contributed by atoms with Crippen LogP contribution in [0.25, 0.3) is 10.9 Å². The van der Waals surface area contributed by atoms with Crippen molar-refractivity contribution >= 4 is 16.8 Å². The normalized spacial score (nSPS) is 20.5. The molecule has 0 unspecified atom stereocenters. The molecule has 2 N–H and O–H groups in total. The monoisotopic (exact) mass is 378 g/mol. The van der Waals surface area contributed by atoms with Gasteiger partial charge < -0.3 is 14.8 Å². The predicted octanol–water partition coefficient (Wildman–Crippen LogP) is 2.56. The summed E-state index contributed by atoms with van der Waals surface area (Å²) < 4.78 is 2.12. The molecule has 1 spiro atoms. The van der Waals surface area contributed by atoms with Crippen molar-refractivity contribution in [3.05, 3.63) is 48.2 Å². The van der Waals surface area contributed by atoms with Crippen LogP contribution in [0, 0.1) is 5.41 Å². The van der Waals surface area contributed by atoms with E-state index in [9.17, 15) is 4.79 Å². The number of carbonyl (C=O) groups excluding carboxylic acids is 1. The number of nitrogens with zero attached hydrogens (tertiary/aromatic N) is 4. The molecule has 1 amide bonds. The number of H-pyrrole nitrogens is 1. The Hall–Kier alpha value is -2.67. The Morgan fingerprint density at radius 3 is 3.04 bits per heavy atom. The first-order valence-corrected chi connectivity index (χ1v) is 10.2. The van der Waals surface area contributed by atoms with E-state index in [4.69, 9.17) is 0 Å². The van der Waals surface area contributed by atoms with Crippen LogP contribution in [-0.4, -0.2) is 49.7 Å². The summed E-state index contributed by atoms with van der Waals surface area (Å²) in [5.74, 6) is 1.03. The van der Waals surface area contributed by atoms with Crippen LogP contribution in [0.5, 0.6) is 0 Å². The van der Waals surface area contributed by atoms with Gasteiger partial charge in [0.15, 0.2) is 0 Å². The second-order valence-corrected chi connectivity index (χ2v) is 8.03. The van der Waals surface area contributed by atoms with Crippen molar-refractivity contribution in [1.82, 2.24) is 30.0 Å². The third-order valence-electron chi connectivity index (χ3n) is 6.55. The highest BCUT2D eigenvalue weighted by Gasteiger charge is 2.58. The molecule has 3 aromatic rings. The molecule has 0 radical (unpaired) electrons. The van der Waals surface area contributed by atoms with Gasteiger partial charge in [0, 0.05) is 30.4 Å². The molecule has 5 rings (SSSR count). The Kier molecular flexibility index (Phi) is 4.19. The number of benzene rings is 1. The molecule has 0 bridgehead atoms. The number of fused-ring (bicyclic) bond motifs is 1. The lowest BCUT2D eigenvalue weighted by Crippen LogP contribution is -2.39.